The fourth-order valence-electron chi connectivity index (χ4n) is 3.25. The number of nitrogens with zero attached hydrogens (tertiary/aromatic N) is 2. The maximum Gasteiger partial charge on any atom is 0.266 e. The Hall–Kier alpha value is -3.73. The smallest absolute Gasteiger partial charge is 0.266 e. The highest BCUT2D eigenvalue weighted by molar-refractivity contribution is 6.36. The van der Waals surface area contributed by atoms with E-state index >= 15 is 0 Å². The Morgan fingerprint density at radius 3 is 2.19 bits per heavy atom. The zero-order valence-corrected chi connectivity index (χ0v) is 14.3. The number of Topliss-reactive ketones (excluding diaryl/α,β-unsaturated/α-hetero) is 1. The second-order valence-corrected chi connectivity index (χ2v) is 6.15. The van der Waals surface area contributed by atoms with E-state index in [0.29, 0.717) is 16.8 Å². The highest BCUT2D eigenvalue weighted by Crippen LogP contribution is 2.39. The zero-order chi connectivity index (χ0) is 18.8. The van der Waals surface area contributed by atoms with Gasteiger partial charge in [-0.05, 0) is 18.2 Å². The second-order valence-electron chi connectivity index (χ2n) is 6.15. The Kier molecular flexibility index (Phi) is 4.26. The Bertz CT molecular complexity index is 956. The van der Waals surface area contributed by atoms with Crippen LogP contribution in [0.5, 0.6) is 0 Å². The quantitative estimate of drug-likeness (QED) is 0.441. The third-order valence-electron chi connectivity index (χ3n) is 4.50. The first-order valence-corrected chi connectivity index (χ1v) is 8.50. The number of aromatic nitrogens is 1. The summed E-state index contributed by atoms with van der Waals surface area (Å²) in [5, 5.41) is 10.7. The fraction of sp³-hybridized carbons (Fsp3) is 0.0455. The molecule has 1 fully saturated rings. The van der Waals surface area contributed by atoms with Crippen LogP contribution in [0.25, 0.3) is 5.76 Å². The van der Waals surface area contributed by atoms with Crippen molar-refractivity contribution in [1.82, 2.24) is 4.98 Å². The van der Waals surface area contributed by atoms with Crippen LogP contribution in [-0.2, 0) is 9.59 Å². The number of pyridine rings is 1. The predicted octanol–water partition coefficient (Wildman–Crippen LogP) is 3.71. The van der Waals surface area contributed by atoms with Gasteiger partial charge in [0.05, 0.1) is 0 Å². The number of carbonyl (C=O) groups is 2. The standard InChI is InChI=1S/C22H16N2O3/c25-20(15-8-3-1-4-9-15)18-21(26)19(16-10-7-13-23-14-16)24(22(18)27)17-11-5-2-6-12-17/h1-14,19,25H/b20-18+. The lowest BCUT2D eigenvalue weighted by Crippen LogP contribution is -2.29. The normalized spacial score (nSPS) is 18.7. The number of anilines is 1. The average molecular weight is 356 g/mol. The van der Waals surface area contributed by atoms with Crippen molar-refractivity contribution in [3.63, 3.8) is 0 Å². The molecule has 132 valence electrons. The molecule has 1 aliphatic heterocycles. The zero-order valence-electron chi connectivity index (χ0n) is 14.3. The minimum Gasteiger partial charge on any atom is -0.506 e. The first-order chi connectivity index (χ1) is 13.2. The molecule has 0 bridgehead atoms. The summed E-state index contributed by atoms with van der Waals surface area (Å²) in [6.45, 7) is 0. The summed E-state index contributed by atoms with van der Waals surface area (Å²) in [4.78, 5) is 31.9. The van der Waals surface area contributed by atoms with Crippen molar-refractivity contribution in [2.75, 3.05) is 4.90 Å². The summed E-state index contributed by atoms with van der Waals surface area (Å²) in [6, 6.07) is 20.2. The van der Waals surface area contributed by atoms with Crippen LogP contribution in [0.4, 0.5) is 5.69 Å². The molecule has 2 aromatic carbocycles. The molecule has 1 unspecified atom stereocenters. The van der Waals surface area contributed by atoms with Crippen LogP contribution < -0.4 is 4.90 Å². The summed E-state index contributed by atoms with van der Waals surface area (Å²) in [6.07, 6.45) is 3.17. The molecule has 27 heavy (non-hydrogen) atoms. The number of ketones is 1. The third kappa shape index (κ3) is 2.89. The molecule has 1 aromatic heterocycles. The molecule has 1 atom stereocenters. The van der Waals surface area contributed by atoms with Crippen LogP contribution in [0.15, 0.2) is 90.8 Å². The van der Waals surface area contributed by atoms with E-state index < -0.39 is 17.7 Å². The number of para-hydroxylation sites is 1. The molecule has 1 N–H and O–H groups in total. The van der Waals surface area contributed by atoms with Crippen molar-refractivity contribution in [3.05, 3.63) is 102 Å². The van der Waals surface area contributed by atoms with Gasteiger partial charge >= 0.3 is 0 Å². The Morgan fingerprint density at radius 1 is 0.889 bits per heavy atom. The van der Waals surface area contributed by atoms with Crippen molar-refractivity contribution >= 4 is 23.1 Å². The van der Waals surface area contributed by atoms with Gasteiger partial charge in [0.2, 0.25) is 0 Å². The number of aliphatic hydroxyl groups is 1. The van der Waals surface area contributed by atoms with Crippen molar-refractivity contribution in [2.24, 2.45) is 0 Å². The van der Waals surface area contributed by atoms with Gasteiger partial charge in [0, 0.05) is 29.2 Å². The van der Waals surface area contributed by atoms with Crippen LogP contribution in [-0.4, -0.2) is 21.8 Å². The summed E-state index contributed by atoms with van der Waals surface area (Å²) < 4.78 is 0. The number of hydrogen-bond donors (Lipinski definition) is 1. The molecule has 5 nitrogen and oxygen atoms in total. The van der Waals surface area contributed by atoms with Gasteiger partial charge in [-0.3, -0.25) is 19.5 Å². The molecule has 0 spiro atoms. The molecule has 2 heterocycles. The number of rotatable bonds is 3. The molecule has 4 rings (SSSR count). The van der Waals surface area contributed by atoms with Gasteiger partial charge in [0.15, 0.2) is 5.78 Å². The minimum atomic E-state index is -0.866. The van der Waals surface area contributed by atoms with E-state index in [9.17, 15) is 14.7 Å². The van der Waals surface area contributed by atoms with Gasteiger partial charge in [-0.2, -0.15) is 0 Å². The summed E-state index contributed by atoms with van der Waals surface area (Å²) in [7, 11) is 0. The topological polar surface area (TPSA) is 70.5 Å². The molecular formula is C22H16N2O3. The lowest BCUT2D eigenvalue weighted by Gasteiger charge is -2.23. The first kappa shape index (κ1) is 16.7. The SMILES string of the molecule is O=C1/C(=C(\O)c2ccccc2)C(=O)N(c2ccccc2)C1c1cccnc1. The molecular weight excluding hydrogens is 340 g/mol. The molecule has 0 saturated carbocycles. The van der Waals surface area contributed by atoms with Crippen LogP contribution >= 0.6 is 0 Å². The molecule has 1 saturated heterocycles. The van der Waals surface area contributed by atoms with Crippen LogP contribution in [0.2, 0.25) is 0 Å². The highest BCUT2D eigenvalue weighted by Gasteiger charge is 2.47. The number of benzene rings is 2. The molecule has 3 aromatic rings. The Labute approximate surface area is 156 Å². The number of amides is 1. The largest absolute Gasteiger partial charge is 0.506 e. The Morgan fingerprint density at radius 2 is 1.56 bits per heavy atom. The average Bonchev–Trinajstić information content (AvgIpc) is 2.99. The second kappa shape index (κ2) is 6.88. The van der Waals surface area contributed by atoms with Crippen LogP contribution in [0.1, 0.15) is 17.2 Å². The lowest BCUT2D eigenvalue weighted by atomic mass is 10.00. The maximum atomic E-state index is 13.2. The number of aliphatic hydroxyl groups excluding tert-OH is 1. The fourth-order valence-corrected chi connectivity index (χ4v) is 3.25. The molecule has 1 aliphatic rings. The van der Waals surface area contributed by atoms with E-state index in [1.54, 1.807) is 79.1 Å². The minimum absolute atomic E-state index is 0.209. The monoisotopic (exact) mass is 356 g/mol. The van der Waals surface area contributed by atoms with E-state index in [1.807, 2.05) is 6.07 Å². The van der Waals surface area contributed by atoms with Crippen molar-refractivity contribution in [1.29, 1.82) is 0 Å². The summed E-state index contributed by atoms with van der Waals surface area (Å²) >= 11 is 0. The van der Waals surface area contributed by atoms with Crippen molar-refractivity contribution in [2.45, 2.75) is 6.04 Å². The van der Waals surface area contributed by atoms with Gasteiger partial charge in [-0.25, -0.2) is 0 Å². The molecule has 1 amide bonds. The molecule has 0 aliphatic carbocycles. The molecule has 0 radical (unpaired) electrons. The summed E-state index contributed by atoms with van der Waals surface area (Å²) in [5.74, 6) is -1.28. The van der Waals surface area contributed by atoms with Gasteiger partial charge in [0.25, 0.3) is 5.91 Å². The van der Waals surface area contributed by atoms with Gasteiger partial charge < -0.3 is 5.11 Å². The third-order valence-corrected chi connectivity index (χ3v) is 4.50. The van der Waals surface area contributed by atoms with E-state index in [2.05, 4.69) is 4.98 Å². The van der Waals surface area contributed by atoms with E-state index in [0.717, 1.165) is 0 Å². The molecule has 5 heteroatoms. The van der Waals surface area contributed by atoms with Gasteiger partial charge in [-0.1, -0.05) is 54.6 Å². The van der Waals surface area contributed by atoms with Crippen molar-refractivity contribution in [3.8, 4) is 0 Å². The number of carbonyl (C=O) groups excluding carboxylic acids is 2. The maximum absolute atomic E-state index is 13.2. The van der Waals surface area contributed by atoms with E-state index in [4.69, 9.17) is 0 Å². The summed E-state index contributed by atoms with van der Waals surface area (Å²) in [5.41, 5.74) is 1.39. The van der Waals surface area contributed by atoms with Crippen molar-refractivity contribution < 1.29 is 14.7 Å². The lowest BCUT2D eigenvalue weighted by molar-refractivity contribution is -0.116. The van der Waals surface area contributed by atoms with Gasteiger partial charge in [0.1, 0.15) is 17.4 Å². The highest BCUT2D eigenvalue weighted by atomic mass is 16.3. The number of hydrogen-bond acceptors (Lipinski definition) is 4. The van der Waals surface area contributed by atoms with Crippen LogP contribution in [0.3, 0.4) is 0 Å². The Balaban J connectivity index is 1.90. The van der Waals surface area contributed by atoms with E-state index in [1.165, 1.54) is 4.90 Å². The van der Waals surface area contributed by atoms with E-state index in [-0.39, 0.29) is 11.3 Å². The van der Waals surface area contributed by atoms with Gasteiger partial charge in [-0.15, -0.1) is 0 Å². The van der Waals surface area contributed by atoms with Crippen LogP contribution in [0, 0.1) is 0 Å². The first-order valence-electron chi connectivity index (χ1n) is 8.50. The predicted molar refractivity (Wildman–Crippen MR) is 102 cm³/mol.